The fourth-order valence-electron chi connectivity index (χ4n) is 5.49. The number of aromatic nitrogens is 1. The highest BCUT2D eigenvalue weighted by molar-refractivity contribution is 6.10. The third-order valence-corrected chi connectivity index (χ3v) is 7.41. The van der Waals surface area contributed by atoms with Gasteiger partial charge in [-0.15, -0.1) is 0 Å². The maximum atomic E-state index is 13.2. The van der Waals surface area contributed by atoms with Crippen molar-refractivity contribution in [2.75, 3.05) is 44.7 Å². The second-order valence-corrected chi connectivity index (χ2v) is 9.43. The summed E-state index contributed by atoms with van der Waals surface area (Å²) in [5.41, 5.74) is 3.19. The number of ether oxygens (including phenoxy) is 1. The fourth-order valence-corrected chi connectivity index (χ4v) is 5.49. The Kier molecular flexibility index (Phi) is 6.57. The Balaban J connectivity index is 1.29. The van der Waals surface area contributed by atoms with Crippen LogP contribution in [0.15, 0.2) is 42.5 Å². The number of likely N-dealkylation sites (tertiary alicyclic amines) is 1. The molecule has 2 atom stereocenters. The van der Waals surface area contributed by atoms with Gasteiger partial charge in [-0.25, -0.2) is 0 Å². The predicted molar refractivity (Wildman–Crippen MR) is 135 cm³/mol. The molecule has 180 valence electrons. The zero-order valence-corrected chi connectivity index (χ0v) is 20.1. The third kappa shape index (κ3) is 4.30. The van der Waals surface area contributed by atoms with E-state index in [0.29, 0.717) is 32.8 Å². The van der Waals surface area contributed by atoms with E-state index in [2.05, 4.69) is 58.1 Å². The van der Waals surface area contributed by atoms with E-state index in [9.17, 15) is 9.59 Å². The minimum atomic E-state index is -0.298. The van der Waals surface area contributed by atoms with Crippen molar-refractivity contribution in [3.63, 3.8) is 0 Å². The highest BCUT2D eigenvalue weighted by atomic mass is 16.5. The molecule has 0 bridgehead atoms. The number of aryl methyl sites for hydroxylation is 1. The van der Waals surface area contributed by atoms with E-state index in [1.54, 1.807) is 0 Å². The van der Waals surface area contributed by atoms with Crippen molar-refractivity contribution < 1.29 is 14.3 Å². The number of carbonyl (C=O) groups is 2. The van der Waals surface area contributed by atoms with Crippen LogP contribution in [0.1, 0.15) is 26.7 Å². The second-order valence-electron chi connectivity index (χ2n) is 9.43. The molecule has 2 aliphatic heterocycles. The van der Waals surface area contributed by atoms with Crippen molar-refractivity contribution >= 4 is 39.3 Å². The van der Waals surface area contributed by atoms with Crippen LogP contribution in [0.4, 0.5) is 5.69 Å². The molecule has 2 saturated heterocycles. The molecule has 3 heterocycles. The number of anilines is 1. The summed E-state index contributed by atoms with van der Waals surface area (Å²) in [6, 6.07) is 14.3. The average molecular weight is 463 g/mol. The monoisotopic (exact) mass is 462 g/mol. The Morgan fingerprint density at radius 3 is 2.62 bits per heavy atom. The molecule has 2 aliphatic rings. The van der Waals surface area contributed by atoms with Gasteiger partial charge in [0.1, 0.15) is 0 Å². The summed E-state index contributed by atoms with van der Waals surface area (Å²) >= 11 is 0. The molecule has 0 saturated carbocycles. The molecule has 7 nitrogen and oxygen atoms in total. The number of para-hydroxylation sites is 1. The largest absolute Gasteiger partial charge is 0.378 e. The van der Waals surface area contributed by atoms with Gasteiger partial charge in [-0.2, -0.15) is 0 Å². The molecule has 34 heavy (non-hydrogen) atoms. The summed E-state index contributed by atoms with van der Waals surface area (Å²) in [6.07, 6.45) is 1.82. The Morgan fingerprint density at radius 1 is 1.06 bits per heavy atom. The van der Waals surface area contributed by atoms with E-state index >= 15 is 0 Å². The van der Waals surface area contributed by atoms with Gasteiger partial charge in [0.15, 0.2) is 0 Å². The first-order valence-electron chi connectivity index (χ1n) is 12.5. The minimum Gasteiger partial charge on any atom is -0.378 e. The van der Waals surface area contributed by atoms with Crippen LogP contribution in [0.2, 0.25) is 0 Å². The summed E-state index contributed by atoms with van der Waals surface area (Å²) in [6.45, 7) is 9.02. The molecule has 5 rings (SSSR count). The van der Waals surface area contributed by atoms with Gasteiger partial charge in [0.2, 0.25) is 11.8 Å². The standard InChI is InChI=1S/C27H34N4O3/c1-3-31-24-9-5-4-8-22(24)23-17-21(10-11-25(23)31)28-26(32)19(2)30-12-6-7-20(18-30)27(33)29-13-15-34-16-14-29/h4-5,8-11,17,19-20H,3,6-7,12-16,18H2,1-2H3,(H,28,32)/t19-,20-/m1/s1. The number of nitrogens with zero attached hydrogens (tertiary/aromatic N) is 3. The van der Waals surface area contributed by atoms with Crippen molar-refractivity contribution in [2.45, 2.75) is 39.3 Å². The number of hydrogen-bond donors (Lipinski definition) is 1. The van der Waals surface area contributed by atoms with Gasteiger partial charge in [0.25, 0.3) is 0 Å². The maximum absolute atomic E-state index is 13.2. The van der Waals surface area contributed by atoms with E-state index in [0.717, 1.165) is 37.0 Å². The van der Waals surface area contributed by atoms with E-state index < -0.39 is 0 Å². The summed E-state index contributed by atoms with van der Waals surface area (Å²) in [7, 11) is 0. The second kappa shape index (κ2) is 9.76. The van der Waals surface area contributed by atoms with Gasteiger partial charge < -0.3 is 19.5 Å². The zero-order valence-electron chi connectivity index (χ0n) is 20.1. The van der Waals surface area contributed by atoms with Gasteiger partial charge in [-0.3, -0.25) is 14.5 Å². The predicted octanol–water partition coefficient (Wildman–Crippen LogP) is 3.71. The van der Waals surface area contributed by atoms with Gasteiger partial charge in [0, 0.05) is 53.7 Å². The molecule has 1 N–H and O–H groups in total. The van der Waals surface area contributed by atoms with E-state index in [4.69, 9.17) is 4.74 Å². The van der Waals surface area contributed by atoms with Crippen LogP contribution in [-0.4, -0.2) is 71.6 Å². The number of fused-ring (bicyclic) bond motifs is 3. The zero-order chi connectivity index (χ0) is 23.7. The Hall–Kier alpha value is -2.90. The van der Waals surface area contributed by atoms with E-state index in [1.807, 2.05) is 17.9 Å². The minimum absolute atomic E-state index is 0.0296. The van der Waals surface area contributed by atoms with Crippen LogP contribution in [0.3, 0.4) is 0 Å². The molecule has 2 amide bonds. The SMILES string of the molecule is CCn1c2ccccc2c2cc(NC(=O)[C@@H](C)N3CCC[C@@H](C(=O)N4CCOCC4)C3)ccc21. The van der Waals surface area contributed by atoms with Gasteiger partial charge in [-0.05, 0) is 57.5 Å². The number of piperidine rings is 1. The lowest BCUT2D eigenvalue weighted by atomic mass is 9.95. The van der Waals surface area contributed by atoms with Gasteiger partial charge >= 0.3 is 0 Å². The quantitative estimate of drug-likeness (QED) is 0.628. The Morgan fingerprint density at radius 2 is 1.82 bits per heavy atom. The molecule has 7 heteroatoms. The molecule has 0 unspecified atom stereocenters. The molecule has 2 aromatic carbocycles. The van der Waals surface area contributed by atoms with Crippen LogP contribution in [0.5, 0.6) is 0 Å². The number of morpholine rings is 1. The van der Waals surface area contributed by atoms with E-state index in [1.165, 1.54) is 16.4 Å². The van der Waals surface area contributed by atoms with Crippen LogP contribution in [-0.2, 0) is 20.9 Å². The lowest BCUT2D eigenvalue weighted by Gasteiger charge is -2.38. The average Bonchev–Trinajstić information content (AvgIpc) is 3.21. The Labute approximate surface area is 200 Å². The topological polar surface area (TPSA) is 66.8 Å². The smallest absolute Gasteiger partial charge is 0.241 e. The van der Waals surface area contributed by atoms with Crippen molar-refractivity contribution in [1.82, 2.24) is 14.4 Å². The molecular weight excluding hydrogens is 428 g/mol. The van der Waals surface area contributed by atoms with E-state index in [-0.39, 0.29) is 23.8 Å². The summed E-state index contributed by atoms with van der Waals surface area (Å²) in [5.74, 6) is 0.134. The van der Waals surface area contributed by atoms with Crippen LogP contribution in [0, 0.1) is 5.92 Å². The Bertz CT molecular complexity index is 1200. The number of amides is 2. The normalized spacial score (nSPS) is 20.5. The molecule has 3 aromatic rings. The van der Waals surface area contributed by atoms with Crippen molar-refractivity contribution in [3.8, 4) is 0 Å². The highest BCUT2D eigenvalue weighted by Gasteiger charge is 2.33. The van der Waals surface area contributed by atoms with Crippen molar-refractivity contribution in [1.29, 1.82) is 0 Å². The number of benzene rings is 2. The maximum Gasteiger partial charge on any atom is 0.241 e. The number of hydrogen-bond acceptors (Lipinski definition) is 4. The van der Waals surface area contributed by atoms with Crippen molar-refractivity contribution in [2.24, 2.45) is 5.92 Å². The molecular formula is C27H34N4O3. The molecule has 0 radical (unpaired) electrons. The van der Waals surface area contributed by atoms with Crippen LogP contribution in [0.25, 0.3) is 21.8 Å². The molecule has 0 spiro atoms. The highest BCUT2D eigenvalue weighted by Crippen LogP contribution is 2.31. The summed E-state index contributed by atoms with van der Waals surface area (Å²) in [4.78, 5) is 30.2. The van der Waals surface area contributed by atoms with Crippen molar-refractivity contribution in [3.05, 3.63) is 42.5 Å². The lowest BCUT2D eigenvalue weighted by Crippen LogP contribution is -2.52. The summed E-state index contributed by atoms with van der Waals surface area (Å²) in [5, 5.41) is 5.48. The third-order valence-electron chi connectivity index (χ3n) is 7.41. The summed E-state index contributed by atoms with van der Waals surface area (Å²) < 4.78 is 7.69. The first-order valence-corrected chi connectivity index (χ1v) is 12.5. The lowest BCUT2D eigenvalue weighted by molar-refractivity contribution is -0.142. The van der Waals surface area contributed by atoms with Gasteiger partial charge in [0.05, 0.1) is 25.2 Å². The number of nitrogens with one attached hydrogen (secondary N) is 1. The molecule has 2 fully saturated rings. The first-order chi connectivity index (χ1) is 16.6. The van der Waals surface area contributed by atoms with Crippen LogP contribution < -0.4 is 5.32 Å². The fraction of sp³-hybridized carbons (Fsp3) is 0.481. The number of carbonyl (C=O) groups excluding carboxylic acids is 2. The molecule has 0 aliphatic carbocycles. The van der Waals surface area contributed by atoms with Gasteiger partial charge in [-0.1, -0.05) is 18.2 Å². The molecule has 1 aromatic heterocycles. The number of rotatable bonds is 5. The van der Waals surface area contributed by atoms with Crippen LogP contribution >= 0.6 is 0 Å². The first kappa shape index (κ1) is 22.9.